The lowest BCUT2D eigenvalue weighted by Gasteiger charge is -2.49. The highest BCUT2D eigenvalue weighted by molar-refractivity contribution is 5.31. The van der Waals surface area contributed by atoms with Crippen molar-refractivity contribution in [2.45, 2.75) is 102 Å². The Hall–Kier alpha value is -1.71. The Bertz CT molecular complexity index is 911. The molecule has 2 unspecified atom stereocenters. The number of fused-ring (bicyclic) bond motifs is 2. The van der Waals surface area contributed by atoms with Crippen molar-refractivity contribution in [1.82, 2.24) is 9.80 Å². The number of benzene rings is 2. The number of nitrogens with zero attached hydrogens (tertiary/aromatic N) is 2. The summed E-state index contributed by atoms with van der Waals surface area (Å²) in [4.78, 5) is 5.43. The normalized spacial score (nSPS) is 27.4. The molecule has 2 atom stereocenters. The van der Waals surface area contributed by atoms with Gasteiger partial charge in [-0.3, -0.25) is 4.90 Å². The summed E-state index contributed by atoms with van der Waals surface area (Å²) >= 11 is 0. The van der Waals surface area contributed by atoms with Gasteiger partial charge in [0, 0.05) is 23.7 Å². The van der Waals surface area contributed by atoms with Crippen molar-refractivity contribution in [2.24, 2.45) is 0 Å². The fourth-order valence-electron chi connectivity index (χ4n) is 7.16. The maximum Gasteiger partial charge on any atom is 0.123 e. The lowest BCUT2D eigenvalue weighted by Crippen LogP contribution is -2.52. The predicted molar refractivity (Wildman–Crippen MR) is 135 cm³/mol. The van der Waals surface area contributed by atoms with Crippen LogP contribution in [-0.2, 0) is 5.54 Å². The van der Waals surface area contributed by atoms with Crippen molar-refractivity contribution >= 4 is 0 Å². The second kappa shape index (κ2) is 9.15. The van der Waals surface area contributed by atoms with Crippen molar-refractivity contribution in [2.75, 3.05) is 13.1 Å². The first-order chi connectivity index (χ1) is 15.8. The first-order valence-corrected chi connectivity index (χ1v) is 13.2. The molecule has 0 saturated carbocycles. The fourth-order valence-corrected chi connectivity index (χ4v) is 7.16. The SMILES string of the molecule is CC(C)N1CCC(c2ccc(C(C)(C)N3C4CCC3CC(c3ccc(F)cc3)C4)cc2)CC1. The second-order valence-corrected chi connectivity index (χ2v) is 11.6. The largest absolute Gasteiger partial charge is 0.301 e. The molecule has 0 aromatic heterocycles. The van der Waals surface area contributed by atoms with Crippen molar-refractivity contribution in [1.29, 1.82) is 0 Å². The van der Waals surface area contributed by atoms with Gasteiger partial charge in [-0.2, -0.15) is 0 Å². The van der Waals surface area contributed by atoms with Crippen LogP contribution in [0.15, 0.2) is 48.5 Å². The number of rotatable bonds is 5. The Morgan fingerprint density at radius 2 is 1.27 bits per heavy atom. The highest BCUT2D eigenvalue weighted by Gasteiger charge is 2.47. The van der Waals surface area contributed by atoms with Gasteiger partial charge >= 0.3 is 0 Å². The summed E-state index contributed by atoms with van der Waals surface area (Å²) < 4.78 is 13.4. The lowest BCUT2D eigenvalue weighted by molar-refractivity contribution is 0.0222. The van der Waals surface area contributed by atoms with Crippen LogP contribution in [-0.4, -0.2) is 41.0 Å². The van der Waals surface area contributed by atoms with Crippen LogP contribution in [0.3, 0.4) is 0 Å². The molecule has 3 aliphatic heterocycles. The summed E-state index contributed by atoms with van der Waals surface area (Å²) in [5, 5.41) is 0. The topological polar surface area (TPSA) is 6.48 Å². The molecule has 3 fully saturated rings. The van der Waals surface area contributed by atoms with Gasteiger partial charge in [-0.05, 0) is 120 Å². The lowest BCUT2D eigenvalue weighted by atomic mass is 9.80. The van der Waals surface area contributed by atoms with E-state index in [9.17, 15) is 4.39 Å². The van der Waals surface area contributed by atoms with E-state index in [1.54, 1.807) is 12.1 Å². The molecule has 3 aliphatic rings. The summed E-state index contributed by atoms with van der Waals surface area (Å²) in [5.74, 6) is 1.14. The molecule has 0 radical (unpaired) electrons. The van der Waals surface area contributed by atoms with Crippen LogP contribution in [0.25, 0.3) is 0 Å². The summed E-state index contributed by atoms with van der Waals surface area (Å²) in [7, 11) is 0. The Balaban J connectivity index is 1.27. The van der Waals surface area contributed by atoms with Crippen LogP contribution >= 0.6 is 0 Å². The molecule has 33 heavy (non-hydrogen) atoms. The van der Waals surface area contributed by atoms with E-state index in [0.717, 1.165) is 0 Å². The molecule has 3 saturated heterocycles. The number of hydrogen-bond donors (Lipinski definition) is 0. The number of halogens is 1. The minimum atomic E-state index is -0.130. The molecule has 178 valence electrons. The third-order valence-corrected chi connectivity index (χ3v) is 9.07. The van der Waals surface area contributed by atoms with Crippen molar-refractivity contribution < 1.29 is 4.39 Å². The molecular weight excluding hydrogens is 407 g/mol. The molecule has 5 rings (SSSR count). The second-order valence-electron chi connectivity index (χ2n) is 11.6. The van der Waals surface area contributed by atoms with E-state index in [1.165, 1.54) is 68.3 Å². The van der Waals surface area contributed by atoms with Crippen molar-refractivity contribution in [3.05, 3.63) is 71.0 Å². The molecule has 0 spiro atoms. The molecule has 0 aliphatic carbocycles. The van der Waals surface area contributed by atoms with Gasteiger partial charge in [0.15, 0.2) is 0 Å². The average molecular weight is 449 g/mol. The van der Waals surface area contributed by atoms with Gasteiger partial charge in [0.2, 0.25) is 0 Å². The fraction of sp³-hybridized carbons (Fsp3) is 0.600. The van der Waals surface area contributed by atoms with Crippen LogP contribution in [0.2, 0.25) is 0 Å². The Morgan fingerprint density at radius 3 is 1.82 bits per heavy atom. The number of likely N-dealkylation sites (tertiary alicyclic amines) is 1. The maximum absolute atomic E-state index is 13.4. The molecule has 2 nitrogen and oxygen atoms in total. The van der Waals surface area contributed by atoms with Gasteiger partial charge < -0.3 is 4.90 Å². The van der Waals surface area contributed by atoms with E-state index in [4.69, 9.17) is 0 Å². The number of hydrogen-bond acceptors (Lipinski definition) is 2. The molecule has 2 aromatic rings. The molecule has 2 bridgehead atoms. The summed E-state index contributed by atoms with van der Waals surface area (Å²) in [5.41, 5.74) is 4.33. The van der Waals surface area contributed by atoms with E-state index in [1.807, 2.05) is 12.1 Å². The molecule has 3 heteroatoms. The van der Waals surface area contributed by atoms with Gasteiger partial charge in [0.05, 0.1) is 0 Å². The molecule has 0 N–H and O–H groups in total. The Labute approximate surface area is 200 Å². The third kappa shape index (κ3) is 4.51. The monoisotopic (exact) mass is 448 g/mol. The van der Waals surface area contributed by atoms with Crippen LogP contribution < -0.4 is 0 Å². The van der Waals surface area contributed by atoms with Gasteiger partial charge in [-0.1, -0.05) is 36.4 Å². The van der Waals surface area contributed by atoms with Crippen LogP contribution in [0.5, 0.6) is 0 Å². The summed E-state index contributed by atoms with van der Waals surface area (Å²) in [6.07, 6.45) is 7.52. The van der Waals surface area contributed by atoms with E-state index >= 15 is 0 Å². The Kier molecular flexibility index (Phi) is 6.39. The number of piperidine rings is 2. The van der Waals surface area contributed by atoms with Crippen molar-refractivity contribution in [3.63, 3.8) is 0 Å². The maximum atomic E-state index is 13.4. The van der Waals surface area contributed by atoms with E-state index in [-0.39, 0.29) is 11.4 Å². The summed E-state index contributed by atoms with van der Waals surface area (Å²) in [6.45, 7) is 11.9. The van der Waals surface area contributed by atoms with Gasteiger partial charge in [-0.15, -0.1) is 0 Å². The van der Waals surface area contributed by atoms with Crippen LogP contribution in [0.4, 0.5) is 4.39 Å². The zero-order chi connectivity index (χ0) is 23.2. The van der Waals surface area contributed by atoms with Crippen LogP contribution in [0.1, 0.15) is 94.7 Å². The molecule has 0 amide bonds. The van der Waals surface area contributed by atoms with Gasteiger partial charge in [0.25, 0.3) is 0 Å². The van der Waals surface area contributed by atoms with E-state index in [2.05, 4.69) is 61.8 Å². The average Bonchev–Trinajstić information content (AvgIpc) is 3.11. The van der Waals surface area contributed by atoms with E-state index in [0.29, 0.717) is 30.0 Å². The third-order valence-electron chi connectivity index (χ3n) is 9.07. The van der Waals surface area contributed by atoms with Crippen LogP contribution in [0, 0.1) is 5.82 Å². The standard InChI is InChI=1S/C30H41FN2/c1-21(2)32-17-15-24(16-18-32)22-5-9-26(10-6-22)30(3,4)33-28-13-14-29(33)20-25(19-28)23-7-11-27(31)12-8-23/h5-12,21,24-25,28-29H,13-20H2,1-4H3. The zero-order valence-corrected chi connectivity index (χ0v) is 20.9. The first kappa shape index (κ1) is 23.1. The smallest absolute Gasteiger partial charge is 0.123 e. The Morgan fingerprint density at radius 1 is 0.758 bits per heavy atom. The zero-order valence-electron chi connectivity index (χ0n) is 20.9. The van der Waals surface area contributed by atoms with Gasteiger partial charge in [0.1, 0.15) is 5.82 Å². The van der Waals surface area contributed by atoms with Crippen molar-refractivity contribution in [3.8, 4) is 0 Å². The highest BCUT2D eigenvalue weighted by Crippen LogP contribution is 2.48. The minimum Gasteiger partial charge on any atom is -0.301 e. The predicted octanol–water partition coefficient (Wildman–Crippen LogP) is 7.06. The highest BCUT2D eigenvalue weighted by atomic mass is 19.1. The van der Waals surface area contributed by atoms with E-state index < -0.39 is 0 Å². The molecule has 2 aromatic carbocycles. The summed E-state index contributed by atoms with van der Waals surface area (Å²) in [6, 6.07) is 18.8. The molecular formula is C30H41FN2. The quantitative estimate of drug-likeness (QED) is 0.483. The first-order valence-electron chi connectivity index (χ1n) is 13.2. The minimum absolute atomic E-state index is 0.0408. The molecule has 3 heterocycles. The van der Waals surface area contributed by atoms with Gasteiger partial charge in [-0.25, -0.2) is 4.39 Å².